The Bertz CT molecular complexity index is 159. The lowest BCUT2D eigenvalue weighted by Gasteiger charge is -2.25. The quantitative estimate of drug-likeness (QED) is 0.670. The summed E-state index contributed by atoms with van der Waals surface area (Å²) in [6.45, 7) is 4.81. The maximum atomic E-state index is 12.1. The van der Waals surface area contributed by atoms with Crippen molar-refractivity contribution in [2.24, 2.45) is 0 Å². The highest BCUT2D eigenvalue weighted by atomic mass is 19.4. The summed E-state index contributed by atoms with van der Waals surface area (Å²) in [5, 5.41) is 3.15. The fourth-order valence-electron chi connectivity index (χ4n) is 1.36. The zero-order chi connectivity index (χ0) is 11.9. The van der Waals surface area contributed by atoms with Crippen molar-refractivity contribution < 1.29 is 13.2 Å². The van der Waals surface area contributed by atoms with Gasteiger partial charge in [0.2, 0.25) is 0 Å². The fraction of sp³-hybridized carbons (Fsp3) is 1.00. The Morgan fingerprint density at radius 3 is 2.40 bits per heavy atom. The number of hydrogen-bond donors (Lipinski definition) is 1. The van der Waals surface area contributed by atoms with E-state index in [1.807, 2.05) is 13.8 Å². The minimum atomic E-state index is -4.09. The van der Waals surface area contributed by atoms with Crippen LogP contribution < -0.4 is 5.32 Å². The molecule has 0 saturated carbocycles. The molecule has 0 bridgehead atoms. The Morgan fingerprint density at radius 2 is 1.93 bits per heavy atom. The molecule has 0 fully saturated rings. The number of halogens is 3. The van der Waals surface area contributed by atoms with Crippen LogP contribution in [0.3, 0.4) is 0 Å². The summed E-state index contributed by atoms with van der Waals surface area (Å²) in [5.41, 5.74) is 0. The molecule has 15 heavy (non-hydrogen) atoms. The lowest BCUT2D eigenvalue weighted by Crippen LogP contribution is -2.37. The van der Waals surface area contributed by atoms with Gasteiger partial charge in [0.05, 0.1) is 6.54 Å². The number of hydrogen-bond acceptors (Lipinski definition) is 2. The average molecular weight is 226 g/mol. The van der Waals surface area contributed by atoms with E-state index in [0.717, 1.165) is 25.9 Å². The Morgan fingerprint density at radius 1 is 1.33 bits per heavy atom. The summed E-state index contributed by atoms with van der Waals surface area (Å²) in [7, 11) is 1.52. The number of alkyl halides is 3. The summed E-state index contributed by atoms with van der Waals surface area (Å²) < 4.78 is 36.2. The van der Waals surface area contributed by atoms with Crippen LogP contribution in [-0.4, -0.2) is 43.8 Å². The molecule has 0 heterocycles. The van der Waals surface area contributed by atoms with Crippen LogP contribution in [0.15, 0.2) is 0 Å². The number of rotatable bonds is 7. The van der Waals surface area contributed by atoms with E-state index in [1.54, 1.807) is 0 Å². The van der Waals surface area contributed by atoms with E-state index < -0.39 is 12.7 Å². The first-order chi connectivity index (χ1) is 6.87. The second-order valence-corrected chi connectivity index (χ2v) is 3.88. The zero-order valence-corrected chi connectivity index (χ0v) is 9.69. The van der Waals surface area contributed by atoms with Crippen molar-refractivity contribution >= 4 is 0 Å². The third-order valence-corrected chi connectivity index (χ3v) is 2.41. The van der Waals surface area contributed by atoms with Crippen LogP contribution in [0.2, 0.25) is 0 Å². The van der Waals surface area contributed by atoms with Crippen LogP contribution >= 0.6 is 0 Å². The third kappa shape index (κ3) is 8.69. The summed E-state index contributed by atoms with van der Waals surface area (Å²) in [5.74, 6) is 0. The molecule has 0 aliphatic rings. The Kier molecular flexibility index (Phi) is 6.92. The van der Waals surface area contributed by atoms with E-state index >= 15 is 0 Å². The van der Waals surface area contributed by atoms with Crippen molar-refractivity contribution in [3.05, 3.63) is 0 Å². The molecule has 0 rings (SSSR count). The zero-order valence-electron chi connectivity index (χ0n) is 9.69. The molecule has 0 aromatic carbocycles. The van der Waals surface area contributed by atoms with E-state index in [2.05, 4.69) is 5.32 Å². The second-order valence-electron chi connectivity index (χ2n) is 3.88. The standard InChI is InChI=1S/C10H21F3N2/c1-4-14-7-5-6-9(2)15(3)8-10(11,12)13/h9,14H,4-8H2,1-3H3. The van der Waals surface area contributed by atoms with Crippen molar-refractivity contribution in [3.8, 4) is 0 Å². The van der Waals surface area contributed by atoms with Crippen molar-refractivity contribution in [1.29, 1.82) is 0 Å². The van der Waals surface area contributed by atoms with E-state index in [4.69, 9.17) is 0 Å². The van der Waals surface area contributed by atoms with Gasteiger partial charge in [0.1, 0.15) is 0 Å². The molecule has 1 unspecified atom stereocenters. The van der Waals surface area contributed by atoms with Gasteiger partial charge in [-0.05, 0) is 39.9 Å². The Balaban J connectivity index is 3.65. The smallest absolute Gasteiger partial charge is 0.317 e. The molecule has 0 aromatic heterocycles. The van der Waals surface area contributed by atoms with Gasteiger partial charge in [0, 0.05) is 6.04 Å². The Labute approximate surface area is 89.8 Å². The van der Waals surface area contributed by atoms with Gasteiger partial charge in [-0.25, -0.2) is 0 Å². The molecule has 5 heteroatoms. The predicted octanol–water partition coefficient (Wildman–Crippen LogP) is 2.26. The van der Waals surface area contributed by atoms with Crippen molar-refractivity contribution in [1.82, 2.24) is 10.2 Å². The van der Waals surface area contributed by atoms with Gasteiger partial charge in [-0.3, -0.25) is 4.90 Å². The minimum absolute atomic E-state index is 0.0229. The summed E-state index contributed by atoms with van der Waals surface area (Å²) >= 11 is 0. The van der Waals surface area contributed by atoms with Crippen LogP contribution in [0.1, 0.15) is 26.7 Å². The topological polar surface area (TPSA) is 15.3 Å². The molecular weight excluding hydrogens is 205 g/mol. The van der Waals surface area contributed by atoms with Crippen molar-refractivity contribution in [2.45, 2.75) is 38.9 Å². The molecule has 92 valence electrons. The molecular formula is C10H21F3N2. The highest BCUT2D eigenvalue weighted by Crippen LogP contribution is 2.17. The largest absolute Gasteiger partial charge is 0.401 e. The SMILES string of the molecule is CCNCCCC(C)N(C)CC(F)(F)F. The highest BCUT2D eigenvalue weighted by Gasteiger charge is 2.30. The summed E-state index contributed by atoms with van der Waals surface area (Å²) in [6, 6.07) is -0.0229. The van der Waals surface area contributed by atoms with E-state index in [1.165, 1.54) is 11.9 Å². The third-order valence-electron chi connectivity index (χ3n) is 2.41. The lowest BCUT2D eigenvalue weighted by atomic mass is 10.1. The van der Waals surface area contributed by atoms with Gasteiger partial charge >= 0.3 is 6.18 Å². The predicted molar refractivity (Wildman–Crippen MR) is 55.9 cm³/mol. The van der Waals surface area contributed by atoms with Crippen LogP contribution in [-0.2, 0) is 0 Å². The molecule has 0 saturated heterocycles. The first-order valence-electron chi connectivity index (χ1n) is 5.34. The molecule has 0 aliphatic carbocycles. The molecule has 2 nitrogen and oxygen atoms in total. The van der Waals surface area contributed by atoms with Gasteiger partial charge < -0.3 is 5.32 Å². The molecule has 0 amide bonds. The van der Waals surface area contributed by atoms with Crippen LogP contribution in [0.5, 0.6) is 0 Å². The molecule has 0 spiro atoms. The van der Waals surface area contributed by atoms with E-state index in [0.29, 0.717) is 0 Å². The fourth-order valence-corrected chi connectivity index (χ4v) is 1.36. The van der Waals surface area contributed by atoms with E-state index in [-0.39, 0.29) is 6.04 Å². The maximum Gasteiger partial charge on any atom is 0.401 e. The minimum Gasteiger partial charge on any atom is -0.317 e. The summed E-state index contributed by atoms with van der Waals surface area (Å²) in [6.07, 6.45) is -2.39. The Hall–Kier alpha value is -0.290. The van der Waals surface area contributed by atoms with Gasteiger partial charge in [0.15, 0.2) is 0 Å². The monoisotopic (exact) mass is 226 g/mol. The highest BCUT2D eigenvalue weighted by molar-refractivity contribution is 4.67. The first kappa shape index (κ1) is 14.7. The molecule has 0 radical (unpaired) electrons. The number of nitrogens with one attached hydrogen (secondary N) is 1. The van der Waals surface area contributed by atoms with Gasteiger partial charge in [-0.1, -0.05) is 6.92 Å². The van der Waals surface area contributed by atoms with E-state index in [9.17, 15) is 13.2 Å². The van der Waals surface area contributed by atoms with Gasteiger partial charge in [-0.15, -0.1) is 0 Å². The summed E-state index contributed by atoms with van der Waals surface area (Å²) in [4.78, 5) is 1.35. The van der Waals surface area contributed by atoms with Crippen molar-refractivity contribution in [3.63, 3.8) is 0 Å². The first-order valence-corrected chi connectivity index (χ1v) is 5.34. The van der Waals surface area contributed by atoms with Crippen LogP contribution in [0.25, 0.3) is 0 Å². The van der Waals surface area contributed by atoms with Gasteiger partial charge in [-0.2, -0.15) is 13.2 Å². The maximum absolute atomic E-state index is 12.1. The molecule has 0 aliphatic heterocycles. The van der Waals surface area contributed by atoms with Crippen LogP contribution in [0, 0.1) is 0 Å². The normalized spacial score (nSPS) is 14.6. The molecule has 1 N–H and O–H groups in total. The average Bonchev–Trinajstić information content (AvgIpc) is 2.09. The molecule has 1 atom stereocenters. The van der Waals surface area contributed by atoms with Gasteiger partial charge in [0.25, 0.3) is 0 Å². The van der Waals surface area contributed by atoms with Crippen molar-refractivity contribution in [2.75, 3.05) is 26.7 Å². The van der Waals surface area contributed by atoms with Crippen LogP contribution in [0.4, 0.5) is 13.2 Å². The number of nitrogens with zero attached hydrogens (tertiary/aromatic N) is 1. The molecule has 0 aromatic rings. The second kappa shape index (κ2) is 7.06. The lowest BCUT2D eigenvalue weighted by molar-refractivity contribution is -0.147.